The van der Waals surface area contributed by atoms with Gasteiger partial charge >= 0.3 is 0 Å². The molecule has 3 rings (SSSR count). The van der Waals surface area contributed by atoms with E-state index in [2.05, 4.69) is 53.6 Å². The Morgan fingerprint density at radius 1 is 1.20 bits per heavy atom. The summed E-state index contributed by atoms with van der Waals surface area (Å²) in [7, 11) is 2.07. The van der Waals surface area contributed by atoms with Crippen molar-refractivity contribution in [2.75, 3.05) is 22.9 Å². The van der Waals surface area contributed by atoms with Gasteiger partial charge in [0.1, 0.15) is 13.7 Å². The normalized spacial score (nSPS) is 23.1. The lowest BCUT2D eigenvalue weighted by Crippen LogP contribution is -2.57. The van der Waals surface area contributed by atoms with Crippen LogP contribution in [0.2, 0.25) is 0 Å². The number of hydrogen-bond acceptors (Lipinski definition) is 5. The van der Waals surface area contributed by atoms with Crippen molar-refractivity contribution in [3.05, 3.63) is 29.9 Å². The average Bonchev–Trinajstić information content (AvgIpc) is 2.92. The molecule has 2 atom stereocenters. The molecule has 104 valence electrons. The molecule has 1 fully saturated rings. The molecule has 20 heavy (non-hydrogen) atoms. The maximum absolute atomic E-state index is 4.55. The van der Waals surface area contributed by atoms with Crippen molar-refractivity contribution < 1.29 is 0 Å². The van der Waals surface area contributed by atoms with Crippen LogP contribution in [-0.4, -0.2) is 43.0 Å². The monoisotopic (exact) mass is 286 g/mol. The predicted molar refractivity (Wildman–Crippen MR) is 88.1 cm³/mol. The third-order valence-electron chi connectivity index (χ3n) is 3.78. The fraction of sp³-hybridized carbons (Fsp3) is 0.429. The van der Waals surface area contributed by atoms with E-state index in [-0.39, 0.29) is 0 Å². The minimum Gasteiger partial charge on any atom is -0.353 e. The quantitative estimate of drug-likeness (QED) is 0.768. The van der Waals surface area contributed by atoms with Crippen molar-refractivity contribution in [3.63, 3.8) is 0 Å². The lowest BCUT2D eigenvalue weighted by Gasteiger charge is -2.44. The molecule has 0 N–H and O–H groups in total. The third-order valence-corrected chi connectivity index (χ3v) is 4.56. The van der Waals surface area contributed by atoms with E-state index in [1.165, 1.54) is 5.46 Å². The summed E-state index contributed by atoms with van der Waals surface area (Å²) in [5.74, 6) is 1.08. The van der Waals surface area contributed by atoms with Crippen LogP contribution in [-0.2, 0) is 0 Å². The van der Waals surface area contributed by atoms with Crippen molar-refractivity contribution in [1.29, 1.82) is 0 Å². The Balaban J connectivity index is 1.79. The fourth-order valence-electron chi connectivity index (χ4n) is 2.88. The van der Waals surface area contributed by atoms with E-state index in [0.29, 0.717) is 12.1 Å². The fourth-order valence-corrected chi connectivity index (χ4v) is 3.72. The van der Waals surface area contributed by atoms with E-state index in [4.69, 9.17) is 0 Å². The first-order valence-corrected chi connectivity index (χ1v) is 7.88. The maximum Gasteiger partial charge on any atom is 0.185 e. The molecule has 1 saturated heterocycles. The SMILES string of the molecule is Bc1ccc(N2C[C@@H](C)N(c3nccs3)[C@@H](C)C2)nc1. The minimum atomic E-state index is 0.438. The number of anilines is 2. The van der Waals surface area contributed by atoms with Gasteiger partial charge in [-0.15, -0.1) is 11.3 Å². The molecule has 3 heterocycles. The van der Waals surface area contributed by atoms with Gasteiger partial charge in [0.15, 0.2) is 5.13 Å². The molecule has 0 aromatic carbocycles. The molecule has 6 heteroatoms. The summed E-state index contributed by atoms with van der Waals surface area (Å²) in [5, 5.41) is 3.17. The molecular formula is C14H19BN4S. The van der Waals surface area contributed by atoms with Gasteiger partial charge in [-0.05, 0) is 19.9 Å². The first kappa shape index (κ1) is 13.4. The summed E-state index contributed by atoms with van der Waals surface area (Å²) in [4.78, 5) is 13.8. The lowest BCUT2D eigenvalue weighted by molar-refractivity contribution is 0.472. The second-order valence-corrected chi connectivity index (χ2v) is 6.39. The van der Waals surface area contributed by atoms with Crippen molar-refractivity contribution >= 4 is 35.6 Å². The van der Waals surface area contributed by atoms with Crippen LogP contribution < -0.4 is 15.3 Å². The Hall–Kier alpha value is -1.56. The average molecular weight is 286 g/mol. The number of piperazine rings is 1. The van der Waals surface area contributed by atoms with Crippen molar-refractivity contribution in [2.24, 2.45) is 0 Å². The molecule has 0 unspecified atom stereocenters. The molecule has 1 aliphatic rings. The summed E-state index contributed by atoms with van der Waals surface area (Å²) in [6.45, 7) is 6.50. The van der Waals surface area contributed by atoms with Crippen LogP contribution in [0.3, 0.4) is 0 Å². The highest BCUT2D eigenvalue weighted by molar-refractivity contribution is 7.13. The molecule has 2 aromatic heterocycles. The number of rotatable bonds is 2. The van der Waals surface area contributed by atoms with Gasteiger partial charge < -0.3 is 9.80 Å². The van der Waals surface area contributed by atoms with E-state index in [1.54, 1.807) is 11.3 Å². The van der Waals surface area contributed by atoms with E-state index < -0.39 is 0 Å². The Bertz CT molecular complexity index is 545. The summed E-state index contributed by atoms with van der Waals surface area (Å²) >= 11 is 1.72. The van der Waals surface area contributed by atoms with Gasteiger partial charge in [-0.2, -0.15) is 0 Å². The van der Waals surface area contributed by atoms with Crippen LogP contribution in [0.5, 0.6) is 0 Å². The number of thiazole rings is 1. The van der Waals surface area contributed by atoms with Crippen LogP contribution >= 0.6 is 11.3 Å². The van der Waals surface area contributed by atoms with Crippen LogP contribution in [0, 0.1) is 0 Å². The second kappa shape index (κ2) is 5.44. The Morgan fingerprint density at radius 2 is 1.95 bits per heavy atom. The number of pyridine rings is 1. The second-order valence-electron chi connectivity index (χ2n) is 5.52. The van der Waals surface area contributed by atoms with Gasteiger partial charge in [0.25, 0.3) is 0 Å². The van der Waals surface area contributed by atoms with Crippen LogP contribution in [0.15, 0.2) is 29.9 Å². The first-order chi connectivity index (χ1) is 9.65. The lowest BCUT2D eigenvalue weighted by atomic mass is 9.99. The van der Waals surface area contributed by atoms with Crippen molar-refractivity contribution in [2.45, 2.75) is 25.9 Å². The highest BCUT2D eigenvalue weighted by Crippen LogP contribution is 2.27. The molecule has 4 nitrogen and oxygen atoms in total. The zero-order valence-electron chi connectivity index (χ0n) is 12.2. The van der Waals surface area contributed by atoms with Gasteiger partial charge in [-0.3, -0.25) is 0 Å². The highest BCUT2D eigenvalue weighted by atomic mass is 32.1. The van der Waals surface area contributed by atoms with Gasteiger partial charge in [0.2, 0.25) is 0 Å². The number of aromatic nitrogens is 2. The topological polar surface area (TPSA) is 32.3 Å². The third kappa shape index (κ3) is 2.52. The van der Waals surface area contributed by atoms with Crippen LogP contribution in [0.25, 0.3) is 0 Å². The molecule has 0 bridgehead atoms. The van der Waals surface area contributed by atoms with E-state index in [0.717, 1.165) is 24.0 Å². The van der Waals surface area contributed by atoms with E-state index >= 15 is 0 Å². The standard InChI is InChI=1S/C14H19BN4S/c1-10-8-18(13-4-3-12(15)7-17-13)9-11(2)19(10)14-16-5-6-20-14/h3-7,10-11H,8-9,15H2,1-2H3/t10-,11+. The molecule has 2 aromatic rings. The minimum absolute atomic E-state index is 0.438. The van der Waals surface area contributed by atoms with E-state index in [1.807, 2.05) is 17.8 Å². The number of hydrogen-bond donors (Lipinski definition) is 0. The van der Waals surface area contributed by atoms with Crippen molar-refractivity contribution in [3.8, 4) is 0 Å². The molecule has 0 saturated carbocycles. The van der Waals surface area contributed by atoms with Crippen molar-refractivity contribution in [1.82, 2.24) is 9.97 Å². The molecule has 0 aliphatic carbocycles. The van der Waals surface area contributed by atoms with Gasteiger partial charge in [0, 0.05) is 42.9 Å². The summed E-state index contributed by atoms with van der Waals surface area (Å²) in [6, 6.07) is 5.12. The maximum atomic E-state index is 4.55. The Labute approximate surface area is 124 Å². The number of nitrogens with zero attached hydrogens (tertiary/aromatic N) is 4. The summed E-state index contributed by atoms with van der Waals surface area (Å²) < 4.78 is 0. The molecule has 0 radical (unpaired) electrons. The predicted octanol–water partition coefficient (Wildman–Crippen LogP) is 0.900. The Kier molecular flexibility index (Phi) is 3.65. The zero-order chi connectivity index (χ0) is 14.1. The van der Waals surface area contributed by atoms with E-state index in [9.17, 15) is 0 Å². The van der Waals surface area contributed by atoms with Crippen LogP contribution in [0.1, 0.15) is 13.8 Å². The van der Waals surface area contributed by atoms with Crippen LogP contribution in [0.4, 0.5) is 10.9 Å². The molecule has 0 spiro atoms. The first-order valence-electron chi connectivity index (χ1n) is 7.00. The largest absolute Gasteiger partial charge is 0.353 e. The van der Waals surface area contributed by atoms with Gasteiger partial charge in [0.05, 0.1) is 0 Å². The summed E-state index contributed by atoms with van der Waals surface area (Å²) in [5.41, 5.74) is 1.20. The van der Waals surface area contributed by atoms with Gasteiger partial charge in [-0.1, -0.05) is 11.5 Å². The van der Waals surface area contributed by atoms with Gasteiger partial charge in [-0.25, -0.2) is 9.97 Å². The molecule has 0 amide bonds. The highest BCUT2D eigenvalue weighted by Gasteiger charge is 2.31. The smallest absolute Gasteiger partial charge is 0.185 e. The molecular weight excluding hydrogens is 267 g/mol. The zero-order valence-corrected chi connectivity index (χ0v) is 13.0. The Morgan fingerprint density at radius 3 is 2.50 bits per heavy atom. The summed E-state index contributed by atoms with van der Waals surface area (Å²) in [6.07, 6.45) is 3.82. The molecule has 1 aliphatic heterocycles.